The molecule has 0 aliphatic heterocycles. The van der Waals surface area contributed by atoms with Crippen LogP contribution in [0.15, 0.2) is 6.07 Å². The summed E-state index contributed by atoms with van der Waals surface area (Å²) < 4.78 is 0. The number of hydrogen-bond acceptors (Lipinski definition) is 4. The molecule has 0 spiro atoms. The number of aryl methyl sites for hydroxylation is 1. The molecule has 1 aliphatic rings. The van der Waals surface area contributed by atoms with Crippen LogP contribution in [0.25, 0.3) is 0 Å². The lowest BCUT2D eigenvalue weighted by atomic mass is 9.80. The van der Waals surface area contributed by atoms with Gasteiger partial charge in [-0.1, -0.05) is 13.8 Å². The third-order valence-electron chi connectivity index (χ3n) is 3.39. The average Bonchev–Trinajstić information content (AvgIpc) is 2.13. The first-order valence-electron chi connectivity index (χ1n) is 6.40. The highest BCUT2D eigenvalue weighted by atomic mass is 15.1. The van der Waals surface area contributed by atoms with Crippen molar-refractivity contribution in [2.75, 3.05) is 11.1 Å². The minimum Gasteiger partial charge on any atom is -0.384 e. The Morgan fingerprint density at radius 1 is 1.18 bits per heavy atom. The summed E-state index contributed by atoms with van der Waals surface area (Å²) in [5.41, 5.74) is 5.73. The lowest BCUT2D eigenvalue weighted by molar-refractivity contribution is 0.280. The van der Waals surface area contributed by atoms with Gasteiger partial charge in [0.05, 0.1) is 0 Å². The van der Waals surface area contributed by atoms with Gasteiger partial charge in [0, 0.05) is 12.1 Å². The van der Waals surface area contributed by atoms with Crippen LogP contribution >= 0.6 is 0 Å². The van der Waals surface area contributed by atoms with E-state index in [1.165, 1.54) is 19.3 Å². The number of nitrogen functional groups attached to an aromatic ring is 1. The van der Waals surface area contributed by atoms with E-state index in [1.807, 2.05) is 13.0 Å². The van der Waals surface area contributed by atoms with Gasteiger partial charge in [-0.25, -0.2) is 9.97 Å². The van der Waals surface area contributed by atoms with Crippen LogP contribution in [0.3, 0.4) is 0 Å². The maximum absolute atomic E-state index is 5.73. The Balaban J connectivity index is 2.04. The van der Waals surface area contributed by atoms with E-state index in [0.29, 0.717) is 11.9 Å². The monoisotopic (exact) mass is 234 g/mol. The zero-order valence-electron chi connectivity index (χ0n) is 10.9. The fourth-order valence-corrected chi connectivity index (χ4v) is 2.94. The van der Waals surface area contributed by atoms with Crippen LogP contribution in [-0.4, -0.2) is 16.0 Å². The van der Waals surface area contributed by atoms with Crippen molar-refractivity contribution >= 4 is 11.6 Å². The van der Waals surface area contributed by atoms with E-state index >= 15 is 0 Å². The molecule has 1 aromatic heterocycles. The molecule has 0 bridgehead atoms. The molecule has 94 valence electrons. The Hall–Kier alpha value is -1.32. The summed E-state index contributed by atoms with van der Waals surface area (Å²) in [6.45, 7) is 6.52. The average molecular weight is 234 g/mol. The van der Waals surface area contributed by atoms with Gasteiger partial charge >= 0.3 is 0 Å². The van der Waals surface area contributed by atoms with Gasteiger partial charge in [0.2, 0.25) is 0 Å². The van der Waals surface area contributed by atoms with Crippen molar-refractivity contribution in [3.05, 3.63) is 11.9 Å². The quantitative estimate of drug-likeness (QED) is 0.825. The molecule has 0 amide bonds. The Kier molecular flexibility index (Phi) is 3.50. The van der Waals surface area contributed by atoms with Gasteiger partial charge < -0.3 is 11.1 Å². The first kappa shape index (κ1) is 12.1. The first-order chi connectivity index (χ1) is 8.02. The predicted octanol–water partition coefficient (Wildman–Crippen LogP) is 2.60. The van der Waals surface area contributed by atoms with Gasteiger partial charge in [0.1, 0.15) is 17.5 Å². The molecule has 0 saturated heterocycles. The number of anilines is 2. The predicted molar refractivity (Wildman–Crippen MR) is 70.8 cm³/mol. The SMILES string of the molecule is Cc1nc(N)cc(NC2CC(C)CC(C)C2)n1. The van der Waals surface area contributed by atoms with E-state index in [4.69, 9.17) is 5.73 Å². The minimum atomic E-state index is 0.516. The molecule has 2 rings (SSSR count). The summed E-state index contributed by atoms with van der Waals surface area (Å²) in [5, 5.41) is 3.49. The van der Waals surface area contributed by atoms with E-state index < -0.39 is 0 Å². The van der Waals surface area contributed by atoms with Crippen LogP contribution in [-0.2, 0) is 0 Å². The number of nitrogens with zero attached hydrogens (tertiary/aromatic N) is 2. The molecule has 4 nitrogen and oxygen atoms in total. The molecule has 1 heterocycles. The highest BCUT2D eigenvalue weighted by Gasteiger charge is 2.24. The van der Waals surface area contributed by atoms with Crippen molar-refractivity contribution in [3.63, 3.8) is 0 Å². The molecular weight excluding hydrogens is 212 g/mol. The molecule has 0 radical (unpaired) electrons. The highest BCUT2D eigenvalue weighted by Crippen LogP contribution is 2.30. The van der Waals surface area contributed by atoms with Crippen LogP contribution in [0.5, 0.6) is 0 Å². The number of nitrogens with two attached hydrogens (primary N) is 1. The number of nitrogens with one attached hydrogen (secondary N) is 1. The fraction of sp³-hybridized carbons (Fsp3) is 0.692. The summed E-state index contributed by atoms with van der Waals surface area (Å²) in [6, 6.07) is 2.33. The Bertz CT molecular complexity index is 361. The summed E-state index contributed by atoms with van der Waals surface area (Å²) in [7, 11) is 0. The molecule has 4 heteroatoms. The molecule has 1 fully saturated rings. The van der Waals surface area contributed by atoms with E-state index in [2.05, 4.69) is 29.1 Å². The minimum absolute atomic E-state index is 0.516. The molecular formula is C13H22N4. The topological polar surface area (TPSA) is 63.8 Å². The lowest BCUT2D eigenvalue weighted by Gasteiger charge is -2.32. The van der Waals surface area contributed by atoms with E-state index in [-0.39, 0.29) is 0 Å². The normalized spacial score (nSPS) is 29.0. The fourth-order valence-electron chi connectivity index (χ4n) is 2.94. The van der Waals surface area contributed by atoms with Crippen LogP contribution < -0.4 is 11.1 Å². The van der Waals surface area contributed by atoms with Crippen molar-refractivity contribution in [2.24, 2.45) is 11.8 Å². The second kappa shape index (κ2) is 4.90. The third kappa shape index (κ3) is 3.32. The van der Waals surface area contributed by atoms with Crippen molar-refractivity contribution in [3.8, 4) is 0 Å². The standard InChI is InChI=1S/C13H22N4/c1-8-4-9(2)6-11(5-8)17-13-7-12(14)15-10(3)16-13/h7-9,11H,4-6H2,1-3H3,(H3,14,15,16,17). The van der Waals surface area contributed by atoms with Gasteiger partial charge in [-0.05, 0) is 38.0 Å². The third-order valence-corrected chi connectivity index (χ3v) is 3.39. The van der Waals surface area contributed by atoms with Crippen molar-refractivity contribution in [1.82, 2.24) is 9.97 Å². The summed E-state index contributed by atoms with van der Waals surface area (Å²) in [6.07, 6.45) is 3.77. The summed E-state index contributed by atoms with van der Waals surface area (Å²) in [5.74, 6) is 3.70. The second-order valence-corrected chi connectivity index (χ2v) is 5.48. The smallest absolute Gasteiger partial charge is 0.132 e. The van der Waals surface area contributed by atoms with Gasteiger partial charge in [-0.15, -0.1) is 0 Å². The molecule has 1 aromatic rings. The van der Waals surface area contributed by atoms with E-state index in [9.17, 15) is 0 Å². The van der Waals surface area contributed by atoms with Crippen LogP contribution in [0, 0.1) is 18.8 Å². The van der Waals surface area contributed by atoms with Crippen molar-refractivity contribution in [1.29, 1.82) is 0 Å². The second-order valence-electron chi connectivity index (χ2n) is 5.48. The first-order valence-corrected chi connectivity index (χ1v) is 6.40. The maximum Gasteiger partial charge on any atom is 0.132 e. The van der Waals surface area contributed by atoms with Gasteiger partial charge in [0.25, 0.3) is 0 Å². The Morgan fingerprint density at radius 3 is 2.41 bits per heavy atom. The molecule has 1 aliphatic carbocycles. The number of rotatable bonds is 2. The molecule has 2 atom stereocenters. The number of aromatic nitrogens is 2. The summed E-state index contributed by atoms with van der Waals surface area (Å²) >= 11 is 0. The van der Waals surface area contributed by atoms with Gasteiger partial charge in [-0.2, -0.15) is 0 Å². The van der Waals surface area contributed by atoms with Crippen LogP contribution in [0.1, 0.15) is 38.9 Å². The molecule has 0 aromatic carbocycles. The number of hydrogen-bond donors (Lipinski definition) is 2. The van der Waals surface area contributed by atoms with Gasteiger partial charge in [-0.3, -0.25) is 0 Å². The molecule has 1 saturated carbocycles. The molecule has 2 unspecified atom stereocenters. The van der Waals surface area contributed by atoms with Crippen molar-refractivity contribution < 1.29 is 0 Å². The highest BCUT2D eigenvalue weighted by molar-refractivity contribution is 5.45. The van der Waals surface area contributed by atoms with Crippen LogP contribution in [0.4, 0.5) is 11.6 Å². The zero-order valence-corrected chi connectivity index (χ0v) is 10.9. The summed E-state index contributed by atoms with van der Waals surface area (Å²) in [4.78, 5) is 8.46. The van der Waals surface area contributed by atoms with Crippen molar-refractivity contribution in [2.45, 2.75) is 46.1 Å². The molecule has 3 N–H and O–H groups in total. The van der Waals surface area contributed by atoms with Gasteiger partial charge in [0.15, 0.2) is 0 Å². The molecule has 17 heavy (non-hydrogen) atoms. The van der Waals surface area contributed by atoms with E-state index in [0.717, 1.165) is 23.5 Å². The van der Waals surface area contributed by atoms with E-state index in [1.54, 1.807) is 0 Å². The van der Waals surface area contributed by atoms with Crippen LogP contribution in [0.2, 0.25) is 0 Å². The Labute approximate surface area is 103 Å². The Morgan fingerprint density at radius 2 is 1.82 bits per heavy atom. The zero-order chi connectivity index (χ0) is 12.4. The maximum atomic E-state index is 5.73. The largest absolute Gasteiger partial charge is 0.384 e. The lowest BCUT2D eigenvalue weighted by Crippen LogP contribution is -2.30.